The Morgan fingerprint density at radius 1 is 1.05 bits per heavy atom. The van der Waals surface area contributed by atoms with Gasteiger partial charge in [0.1, 0.15) is 11.4 Å². The Morgan fingerprint density at radius 2 is 1.71 bits per heavy atom. The fourth-order valence-corrected chi connectivity index (χ4v) is 2.22. The second kappa shape index (κ2) is 5.58. The molecule has 0 spiro atoms. The lowest BCUT2D eigenvalue weighted by molar-refractivity contribution is -0.275. The van der Waals surface area contributed by atoms with Gasteiger partial charge < -0.3 is 9.84 Å². The first-order valence-corrected chi connectivity index (χ1v) is 6.41. The molecule has 0 aliphatic rings. The molecule has 0 amide bonds. The molecule has 0 aromatic heterocycles. The topological polar surface area (TPSA) is 29.5 Å². The van der Waals surface area contributed by atoms with Crippen LogP contribution >= 0.6 is 11.6 Å². The summed E-state index contributed by atoms with van der Waals surface area (Å²) in [5.41, 5.74) is -1.30. The molecule has 0 radical (unpaired) electrons. The lowest BCUT2D eigenvalue weighted by Gasteiger charge is -2.27. The van der Waals surface area contributed by atoms with Crippen LogP contribution < -0.4 is 4.74 Å². The van der Waals surface area contributed by atoms with E-state index in [1.807, 2.05) is 0 Å². The molecule has 0 heterocycles. The average Bonchev–Trinajstić information content (AvgIpc) is 2.37. The standard InChI is InChI=1S/C15H12ClF3O2/c1-14(20,10-5-4-6-11(16)9-10)12-7-2-3-8-13(12)21-15(17,18)19/h2-9,20H,1H3. The molecule has 2 aromatic carbocycles. The molecule has 21 heavy (non-hydrogen) atoms. The van der Waals surface area contributed by atoms with Crippen LogP contribution in [-0.2, 0) is 5.60 Å². The molecule has 1 unspecified atom stereocenters. The zero-order valence-electron chi connectivity index (χ0n) is 11.0. The Labute approximate surface area is 124 Å². The van der Waals surface area contributed by atoms with Gasteiger partial charge in [0, 0.05) is 10.6 Å². The first-order valence-electron chi connectivity index (χ1n) is 6.04. The van der Waals surface area contributed by atoms with Crippen molar-refractivity contribution in [3.63, 3.8) is 0 Å². The van der Waals surface area contributed by atoms with E-state index in [1.54, 1.807) is 18.2 Å². The molecule has 1 N–H and O–H groups in total. The summed E-state index contributed by atoms with van der Waals surface area (Å²) in [4.78, 5) is 0. The number of benzene rings is 2. The summed E-state index contributed by atoms with van der Waals surface area (Å²) in [6, 6.07) is 11.8. The molecule has 0 aliphatic heterocycles. The fraction of sp³-hybridized carbons (Fsp3) is 0.200. The van der Waals surface area contributed by atoms with Crippen LogP contribution in [0.15, 0.2) is 48.5 Å². The summed E-state index contributed by atoms with van der Waals surface area (Å²) < 4.78 is 41.3. The van der Waals surface area contributed by atoms with Crippen molar-refractivity contribution >= 4 is 11.6 Å². The molecule has 112 valence electrons. The Bertz CT molecular complexity index is 639. The smallest absolute Gasteiger partial charge is 0.405 e. The van der Waals surface area contributed by atoms with Crippen LogP contribution in [0.1, 0.15) is 18.1 Å². The number of halogens is 4. The van der Waals surface area contributed by atoms with Crippen molar-refractivity contribution in [1.29, 1.82) is 0 Å². The van der Waals surface area contributed by atoms with Crippen molar-refractivity contribution in [3.8, 4) is 5.75 Å². The van der Waals surface area contributed by atoms with E-state index in [4.69, 9.17) is 11.6 Å². The van der Waals surface area contributed by atoms with E-state index in [0.29, 0.717) is 10.6 Å². The highest BCUT2D eigenvalue weighted by atomic mass is 35.5. The SMILES string of the molecule is CC(O)(c1cccc(Cl)c1)c1ccccc1OC(F)(F)F. The lowest BCUT2D eigenvalue weighted by Crippen LogP contribution is -2.26. The van der Waals surface area contributed by atoms with Crippen molar-refractivity contribution in [3.05, 3.63) is 64.7 Å². The number of aliphatic hydroxyl groups is 1. The minimum atomic E-state index is -4.83. The van der Waals surface area contributed by atoms with Gasteiger partial charge in [0.2, 0.25) is 0 Å². The van der Waals surface area contributed by atoms with Gasteiger partial charge in [0.15, 0.2) is 0 Å². The predicted octanol–water partition coefficient (Wildman–Crippen LogP) is 4.49. The van der Waals surface area contributed by atoms with Crippen molar-refractivity contribution in [2.45, 2.75) is 18.9 Å². The van der Waals surface area contributed by atoms with Crippen LogP contribution in [0.2, 0.25) is 5.02 Å². The summed E-state index contributed by atoms with van der Waals surface area (Å²) in [5, 5.41) is 11.0. The summed E-state index contributed by atoms with van der Waals surface area (Å²) in [6.45, 7) is 1.39. The highest BCUT2D eigenvalue weighted by Gasteiger charge is 2.36. The Morgan fingerprint density at radius 3 is 2.33 bits per heavy atom. The Kier molecular flexibility index (Phi) is 4.16. The van der Waals surface area contributed by atoms with E-state index >= 15 is 0 Å². The van der Waals surface area contributed by atoms with E-state index in [9.17, 15) is 18.3 Å². The van der Waals surface area contributed by atoms with Crippen LogP contribution in [0.4, 0.5) is 13.2 Å². The van der Waals surface area contributed by atoms with Crippen molar-refractivity contribution in [2.75, 3.05) is 0 Å². The van der Waals surface area contributed by atoms with E-state index in [-0.39, 0.29) is 5.56 Å². The first kappa shape index (κ1) is 15.7. The normalized spacial score (nSPS) is 14.6. The molecular formula is C15H12ClF3O2. The molecule has 2 rings (SSSR count). The quantitative estimate of drug-likeness (QED) is 0.903. The molecule has 6 heteroatoms. The molecule has 0 aliphatic carbocycles. The molecule has 0 fully saturated rings. The summed E-state index contributed by atoms with van der Waals surface area (Å²) in [5.74, 6) is -0.449. The van der Waals surface area contributed by atoms with Gasteiger partial charge >= 0.3 is 6.36 Å². The number of rotatable bonds is 3. The third-order valence-corrected chi connectivity index (χ3v) is 3.26. The summed E-state index contributed by atoms with van der Waals surface area (Å²) in [7, 11) is 0. The predicted molar refractivity (Wildman–Crippen MR) is 73.2 cm³/mol. The summed E-state index contributed by atoms with van der Waals surface area (Å²) in [6.07, 6.45) is -4.83. The van der Waals surface area contributed by atoms with Gasteiger partial charge in [-0.3, -0.25) is 0 Å². The minimum absolute atomic E-state index is 0.00425. The third-order valence-electron chi connectivity index (χ3n) is 3.02. The second-order valence-electron chi connectivity index (χ2n) is 4.63. The maximum atomic E-state index is 12.5. The van der Waals surface area contributed by atoms with Gasteiger partial charge in [-0.05, 0) is 30.7 Å². The fourth-order valence-electron chi connectivity index (χ4n) is 2.03. The number of hydrogen-bond acceptors (Lipinski definition) is 2. The van der Waals surface area contributed by atoms with Gasteiger partial charge in [-0.15, -0.1) is 13.2 Å². The zero-order valence-corrected chi connectivity index (χ0v) is 11.7. The van der Waals surface area contributed by atoms with E-state index in [1.165, 1.54) is 31.2 Å². The van der Waals surface area contributed by atoms with Gasteiger partial charge in [0.05, 0.1) is 0 Å². The van der Waals surface area contributed by atoms with Crippen LogP contribution in [0.5, 0.6) is 5.75 Å². The molecule has 0 bridgehead atoms. The van der Waals surface area contributed by atoms with E-state index in [0.717, 1.165) is 6.07 Å². The van der Waals surface area contributed by atoms with Crippen LogP contribution in [-0.4, -0.2) is 11.5 Å². The third kappa shape index (κ3) is 3.68. The van der Waals surface area contributed by atoms with Gasteiger partial charge in [-0.1, -0.05) is 41.9 Å². The molecule has 2 nitrogen and oxygen atoms in total. The molecule has 1 atom stereocenters. The maximum absolute atomic E-state index is 12.5. The number of para-hydroxylation sites is 1. The molecule has 2 aromatic rings. The van der Waals surface area contributed by atoms with Gasteiger partial charge in [0.25, 0.3) is 0 Å². The van der Waals surface area contributed by atoms with Crippen LogP contribution in [0.3, 0.4) is 0 Å². The highest BCUT2D eigenvalue weighted by molar-refractivity contribution is 6.30. The molecule has 0 saturated carbocycles. The Balaban J connectivity index is 2.50. The molecular weight excluding hydrogens is 305 g/mol. The second-order valence-corrected chi connectivity index (χ2v) is 5.06. The highest BCUT2D eigenvalue weighted by Crippen LogP contribution is 2.38. The van der Waals surface area contributed by atoms with Crippen molar-refractivity contribution < 1.29 is 23.0 Å². The van der Waals surface area contributed by atoms with E-state index < -0.39 is 17.7 Å². The van der Waals surface area contributed by atoms with Gasteiger partial charge in [-0.25, -0.2) is 0 Å². The first-order chi connectivity index (χ1) is 9.70. The number of alkyl halides is 3. The lowest BCUT2D eigenvalue weighted by atomic mass is 9.87. The number of hydrogen-bond donors (Lipinski definition) is 1. The van der Waals surface area contributed by atoms with Crippen LogP contribution in [0, 0.1) is 0 Å². The zero-order chi connectivity index (χ0) is 15.7. The monoisotopic (exact) mass is 316 g/mol. The molecule has 0 saturated heterocycles. The Hall–Kier alpha value is -1.72. The number of ether oxygens (including phenoxy) is 1. The maximum Gasteiger partial charge on any atom is 0.573 e. The van der Waals surface area contributed by atoms with Crippen molar-refractivity contribution in [1.82, 2.24) is 0 Å². The largest absolute Gasteiger partial charge is 0.573 e. The van der Waals surface area contributed by atoms with Gasteiger partial charge in [-0.2, -0.15) is 0 Å². The van der Waals surface area contributed by atoms with Crippen LogP contribution in [0.25, 0.3) is 0 Å². The van der Waals surface area contributed by atoms with E-state index in [2.05, 4.69) is 4.74 Å². The minimum Gasteiger partial charge on any atom is -0.405 e. The average molecular weight is 317 g/mol. The van der Waals surface area contributed by atoms with Crippen molar-refractivity contribution in [2.24, 2.45) is 0 Å². The summed E-state index contributed by atoms with van der Waals surface area (Å²) >= 11 is 5.86.